The van der Waals surface area contributed by atoms with Gasteiger partial charge in [-0.3, -0.25) is 9.69 Å². The normalized spacial score (nSPS) is 22.6. The Morgan fingerprint density at radius 1 is 1.18 bits per heavy atom. The lowest BCUT2D eigenvalue weighted by atomic mass is 9.80. The molecule has 9 heteroatoms. The number of aliphatic hydroxyl groups excluding tert-OH is 1. The van der Waals surface area contributed by atoms with Crippen LogP contribution in [0.25, 0.3) is 11.1 Å². The number of aromatic nitrogens is 1. The molecule has 2 aliphatic heterocycles. The maximum atomic E-state index is 14.8. The minimum absolute atomic E-state index is 0.0170. The summed E-state index contributed by atoms with van der Waals surface area (Å²) < 4.78 is 34.6. The van der Waals surface area contributed by atoms with Gasteiger partial charge in [-0.2, -0.15) is 4.39 Å². The Kier molecular flexibility index (Phi) is 5.18. The van der Waals surface area contributed by atoms with Crippen molar-refractivity contribution in [1.29, 1.82) is 0 Å². The molecule has 2 aliphatic rings. The van der Waals surface area contributed by atoms with Gasteiger partial charge >= 0.3 is 0 Å². The summed E-state index contributed by atoms with van der Waals surface area (Å²) in [4.78, 5) is 23.0. The number of rotatable bonds is 5. The highest BCUT2D eigenvalue weighted by Crippen LogP contribution is 2.44. The molecular formula is C25H22F2N4O3. The van der Waals surface area contributed by atoms with Crippen LogP contribution in [-0.2, 0) is 15.1 Å². The number of halogens is 2. The lowest BCUT2D eigenvalue weighted by Crippen LogP contribution is -2.41. The summed E-state index contributed by atoms with van der Waals surface area (Å²) in [6.07, 6.45) is 0.321. The van der Waals surface area contributed by atoms with E-state index in [1.165, 1.54) is 42.4 Å². The zero-order chi connectivity index (χ0) is 24.2. The Balaban J connectivity index is 1.75. The highest BCUT2D eigenvalue weighted by atomic mass is 19.1. The van der Waals surface area contributed by atoms with E-state index in [1.807, 2.05) is 0 Å². The van der Waals surface area contributed by atoms with Crippen molar-refractivity contribution in [1.82, 2.24) is 9.88 Å². The molecule has 1 amide bonds. The number of guanidine groups is 1. The lowest BCUT2D eigenvalue weighted by Gasteiger charge is -2.28. The molecule has 1 fully saturated rings. The second-order valence-corrected chi connectivity index (χ2v) is 8.42. The van der Waals surface area contributed by atoms with E-state index < -0.39 is 29.3 Å². The first-order chi connectivity index (χ1) is 16.2. The SMILES string of the molecule is CC(O)c1cc([C@]2(c3ccc(F)c(-c4cccnc4F)c3)N=C(N)N(C)C2=O)ccc1C1CO1. The molecule has 1 aromatic heterocycles. The Bertz CT molecular complexity index is 1340. The molecular weight excluding hydrogens is 442 g/mol. The number of carbonyl (C=O) groups excluding carboxylic acids is 1. The predicted molar refractivity (Wildman–Crippen MR) is 121 cm³/mol. The predicted octanol–water partition coefficient (Wildman–Crippen LogP) is 3.18. The summed E-state index contributed by atoms with van der Waals surface area (Å²) in [5, 5.41) is 10.4. The monoisotopic (exact) mass is 464 g/mol. The van der Waals surface area contributed by atoms with E-state index in [4.69, 9.17) is 10.5 Å². The van der Waals surface area contributed by atoms with E-state index in [1.54, 1.807) is 25.1 Å². The fraction of sp³-hybridized carbons (Fsp3) is 0.240. The molecule has 0 spiro atoms. The number of pyridine rings is 1. The minimum atomic E-state index is -1.65. The van der Waals surface area contributed by atoms with Crippen molar-refractivity contribution in [2.75, 3.05) is 13.7 Å². The number of aliphatic imine (C=N–C) groups is 1. The number of hydrogen-bond acceptors (Lipinski definition) is 6. The molecule has 3 N–H and O–H groups in total. The third kappa shape index (κ3) is 3.36. The summed E-state index contributed by atoms with van der Waals surface area (Å²) in [6.45, 7) is 2.17. The summed E-state index contributed by atoms with van der Waals surface area (Å²) in [7, 11) is 1.50. The Morgan fingerprint density at radius 3 is 2.50 bits per heavy atom. The molecule has 3 heterocycles. The van der Waals surface area contributed by atoms with Crippen LogP contribution in [0.5, 0.6) is 0 Å². The van der Waals surface area contributed by atoms with Gasteiger partial charge in [-0.05, 0) is 59.5 Å². The van der Waals surface area contributed by atoms with Crippen LogP contribution in [0.3, 0.4) is 0 Å². The number of amides is 1. The van der Waals surface area contributed by atoms with Crippen LogP contribution in [0.2, 0.25) is 0 Å². The maximum Gasteiger partial charge on any atom is 0.266 e. The lowest BCUT2D eigenvalue weighted by molar-refractivity contribution is -0.129. The molecule has 0 saturated carbocycles. The molecule has 0 aliphatic carbocycles. The highest BCUT2D eigenvalue weighted by Gasteiger charge is 2.50. The summed E-state index contributed by atoms with van der Waals surface area (Å²) in [6, 6.07) is 12.1. The van der Waals surface area contributed by atoms with Gasteiger partial charge < -0.3 is 15.6 Å². The number of likely N-dealkylation sites (N-methyl/N-ethyl adjacent to an activating group) is 1. The van der Waals surface area contributed by atoms with E-state index >= 15 is 0 Å². The van der Waals surface area contributed by atoms with Crippen LogP contribution in [0.15, 0.2) is 59.7 Å². The van der Waals surface area contributed by atoms with Gasteiger partial charge in [-0.1, -0.05) is 18.2 Å². The number of carbonyl (C=O) groups is 1. The van der Waals surface area contributed by atoms with Gasteiger partial charge in [-0.15, -0.1) is 0 Å². The highest BCUT2D eigenvalue weighted by molar-refractivity contribution is 6.09. The third-order valence-electron chi connectivity index (χ3n) is 6.31. The number of ether oxygens (including phenoxy) is 1. The standard InChI is InChI=1S/C25H22F2N4O3/c1-13(32)18-10-14(5-7-16(18)21-12-34-21)25(23(33)31(2)24(28)30-25)15-6-8-20(26)19(11-15)17-4-3-9-29-22(17)27/h3-11,13,21,32H,12H2,1-2H3,(H2,28,30)/t13?,21?,25-/m1/s1. The molecule has 174 valence electrons. The van der Waals surface area contributed by atoms with E-state index in [-0.39, 0.29) is 23.2 Å². The molecule has 2 unspecified atom stereocenters. The minimum Gasteiger partial charge on any atom is -0.389 e. The quantitative estimate of drug-likeness (QED) is 0.446. The molecule has 0 radical (unpaired) electrons. The van der Waals surface area contributed by atoms with Gasteiger partial charge in [0.05, 0.1) is 12.7 Å². The molecule has 34 heavy (non-hydrogen) atoms. The van der Waals surface area contributed by atoms with Crippen LogP contribution in [0.1, 0.15) is 41.4 Å². The molecule has 7 nitrogen and oxygen atoms in total. The second-order valence-electron chi connectivity index (χ2n) is 8.42. The van der Waals surface area contributed by atoms with Gasteiger partial charge in [-0.25, -0.2) is 14.4 Å². The Labute approximate surface area is 194 Å². The average molecular weight is 464 g/mol. The van der Waals surface area contributed by atoms with Crippen LogP contribution in [-0.4, -0.2) is 40.5 Å². The smallest absolute Gasteiger partial charge is 0.266 e. The van der Waals surface area contributed by atoms with Crippen LogP contribution in [0.4, 0.5) is 8.78 Å². The number of aliphatic hydroxyl groups is 1. The number of nitrogens with zero attached hydrogens (tertiary/aromatic N) is 3. The Hall–Kier alpha value is -3.69. The zero-order valence-electron chi connectivity index (χ0n) is 18.5. The van der Waals surface area contributed by atoms with Crippen LogP contribution < -0.4 is 5.73 Å². The summed E-state index contributed by atoms with van der Waals surface area (Å²) >= 11 is 0. The van der Waals surface area contributed by atoms with Crippen molar-refractivity contribution in [2.24, 2.45) is 10.7 Å². The number of epoxide rings is 1. The topological polar surface area (TPSA) is 104 Å². The van der Waals surface area contributed by atoms with Gasteiger partial charge in [0.25, 0.3) is 5.91 Å². The first-order valence-electron chi connectivity index (χ1n) is 10.7. The largest absolute Gasteiger partial charge is 0.389 e. The van der Waals surface area contributed by atoms with Crippen molar-refractivity contribution in [3.63, 3.8) is 0 Å². The first-order valence-corrected chi connectivity index (χ1v) is 10.7. The van der Waals surface area contributed by atoms with Gasteiger partial charge in [0, 0.05) is 24.4 Å². The van der Waals surface area contributed by atoms with Crippen LogP contribution in [0, 0.1) is 11.8 Å². The summed E-state index contributed by atoms with van der Waals surface area (Å²) in [5.74, 6) is -1.99. The molecule has 3 atom stereocenters. The first kappa shape index (κ1) is 22.1. The molecule has 1 saturated heterocycles. The Morgan fingerprint density at radius 2 is 1.88 bits per heavy atom. The number of nitrogens with two attached hydrogens (primary N) is 1. The van der Waals surface area contributed by atoms with Gasteiger partial charge in [0.15, 0.2) is 11.5 Å². The van der Waals surface area contributed by atoms with Crippen molar-refractivity contribution in [3.8, 4) is 11.1 Å². The third-order valence-corrected chi connectivity index (χ3v) is 6.31. The van der Waals surface area contributed by atoms with Crippen LogP contribution >= 0.6 is 0 Å². The van der Waals surface area contributed by atoms with Crippen molar-refractivity contribution in [3.05, 3.63) is 88.7 Å². The van der Waals surface area contributed by atoms with Crippen molar-refractivity contribution < 1.29 is 23.4 Å². The van der Waals surface area contributed by atoms with E-state index in [2.05, 4.69) is 9.98 Å². The summed E-state index contributed by atoms with van der Waals surface area (Å²) in [5.41, 5.74) is 6.46. The van der Waals surface area contributed by atoms with E-state index in [0.717, 1.165) is 11.6 Å². The molecule has 2 aromatic carbocycles. The molecule has 3 aromatic rings. The molecule has 5 rings (SSSR count). The zero-order valence-corrected chi connectivity index (χ0v) is 18.5. The van der Waals surface area contributed by atoms with Gasteiger partial charge in [0.1, 0.15) is 11.9 Å². The maximum absolute atomic E-state index is 14.8. The van der Waals surface area contributed by atoms with E-state index in [0.29, 0.717) is 23.3 Å². The number of hydrogen-bond donors (Lipinski definition) is 2. The molecule has 0 bridgehead atoms. The van der Waals surface area contributed by atoms with E-state index in [9.17, 15) is 18.7 Å². The fourth-order valence-corrected chi connectivity index (χ4v) is 4.41. The van der Waals surface area contributed by atoms with Gasteiger partial charge in [0.2, 0.25) is 5.95 Å². The average Bonchev–Trinajstić information content (AvgIpc) is 3.64. The second kappa shape index (κ2) is 7.96. The van der Waals surface area contributed by atoms with Crippen molar-refractivity contribution >= 4 is 11.9 Å². The number of benzene rings is 2. The van der Waals surface area contributed by atoms with Crippen molar-refractivity contribution in [2.45, 2.75) is 24.7 Å². The fourth-order valence-electron chi connectivity index (χ4n) is 4.41.